The third-order valence-corrected chi connectivity index (χ3v) is 7.15. The summed E-state index contributed by atoms with van der Waals surface area (Å²) < 4.78 is 0. The van der Waals surface area contributed by atoms with Crippen molar-refractivity contribution in [3.05, 3.63) is 34.9 Å². The first kappa shape index (κ1) is 15.9. The molecule has 1 aromatic rings. The molecule has 0 spiro atoms. The molecule has 6 rings (SSSR count). The maximum absolute atomic E-state index is 13.2. The number of benzene rings is 1. The largest absolute Gasteiger partial charge is 0.295 e. The van der Waals surface area contributed by atoms with Crippen molar-refractivity contribution in [1.29, 1.82) is 0 Å². The van der Waals surface area contributed by atoms with Gasteiger partial charge in [0, 0.05) is 23.6 Å². The Labute approximate surface area is 154 Å². The molecule has 3 nitrogen and oxygen atoms in total. The molecule has 5 aliphatic rings. The van der Waals surface area contributed by atoms with E-state index in [0.717, 1.165) is 35.6 Å². The third-order valence-electron chi connectivity index (χ3n) is 6.92. The second kappa shape index (κ2) is 5.84. The zero-order valence-electron chi connectivity index (χ0n) is 14.6. The van der Waals surface area contributed by atoms with E-state index in [4.69, 9.17) is 11.6 Å². The molecule has 0 aromatic heterocycles. The Hall–Kier alpha value is -1.35. The Balaban J connectivity index is 1.35. The van der Waals surface area contributed by atoms with Gasteiger partial charge in [0.1, 0.15) is 5.84 Å². The molecule has 132 valence electrons. The average molecular weight is 357 g/mol. The monoisotopic (exact) mass is 356 g/mol. The lowest BCUT2D eigenvalue weighted by Gasteiger charge is -2.56. The number of carbonyl (C=O) groups is 1. The lowest BCUT2D eigenvalue weighted by Crippen LogP contribution is -2.48. The van der Waals surface area contributed by atoms with Gasteiger partial charge < -0.3 is 0 Å². The van der Waals surface area contributed by atoms with Gasteiger partial charge in [-0.25, -0.2) is 0 Å². The molecule has 4 bridgehead atoms. The van der Waals surface area contributed by atoms with Crippen LogP contribution >= 0.6 is 11.6 Å². The number of rotatable bonds is 3. The minimum Gasteiger partial charge on any atom is -0.295 e. The van der Waals surface area contributed by atoms with E-state index in [2.05, 4.69) is 4.99 Å². The van der Waals surface area contributed by atoms with E-state index in [1.165, 1.54) is 38.5 Å². The summed E-state index contributed by atoms with van der Waals surface area (Å²) in [5.41, 5.74) is 1.25. The lowest BCUT2D eigenvalue weighted by atomic mass is 9.49. The Kier molecular flexibility index (Phi) is 3.70. The second-order valence-corrected chi connectivity index (χ2v) is 9.29. The molecular weight excluding hydrogens is 332 g/mol. The molecular formula is C21H25ClN2O. The van der Waals surface area contributed by atoms with E-state index in [0.29, 0.717) is 18.1 Å². The van der Waals surface area contributed by atoms with Crippen LogP contribution in [-0.2, 0) is 4.79 Å². The summed E-state index contributed by atoms with van der Waals surface area (Å²) in [6.07, 6.45) is 8.83. The summed E-state index contributed by atoms with van der Waals surface area (Å²) >= 11 is 6.14. The number of nitrogens with zero attached hydrogens (tertiary/aromatic N) is 2. The maximum Gasteiger partial charge on any atom is 0.228 e. The van der Waals surface area contributed by atoms with Crippen LogP contribution in [0.5, 0.6) is 0 Å². The van der Waals surface area contributed by atoms with Crippen LogP contribution in [0, 0.1) is 23.2 Å². The molecule has 4 fully saturated rings. The average Bonchev–Trinajstić information content (AvgIpc) is 3.03. The molecule has 1 aromatic carbocycles. The van der Waals surface area contributed by atoms with Crippen LogP contribution in [0.3, 0.4) is 0 Å². The van der Waals surface area contributed by atoms with Gasteiger partial charge in [-0.3, -0.25) is 14.7 Å². The standard InChI is InChI=1S/C21H25ClN2O/c22-18-3-1-2-17(9-18)20-23-4-5-24(20)19(25)13-21-10-14-6-15(11-21)8-16(7-14)12-21/h1-3,9,14-16H,4-8,10-13H2. The van der Waals surface area contributed by atoms with Crippen molar-refractivity contribution in [2.24, 2.45) is 28.2 Å². The van der Waals surface area contributed by atoms with E-state index in [-0.39, 0.29) is 11.3 Å². The molecule has 0 radical (unpaired) electrons. The Morgan fingerprint density at radius 2 is 1.84 bits per heavy atom. The number of hydrogen-bond acceptors (Lipinski definition) is 2. The lowest BCUT2D eigenvalue weighted by molar-refractivity contribution is -0.135. The number of amides is 1. The third kappa shape index (κ3) is 2.81. The fourth-order valence-electron chi connectivity index (χ4n) is 6.49. The number of aliphatic imine (C=N–C) groups is 1. The predicted molar refractivity (Wildman–Crippen MR) is 99.8 cm³/mol. The molecule has 0 saturated heterocycles. The zero-order valence-corrected chi connectivity index (χ0v) is 15.3. The molecule has 1 amide bonds. The zero-order chi connectivity index (χ0) is 17.0. The summed E-state index contributed by atoms with van der Waals surface area (Å²) in [4.78, 5) is 19.7. The van der Waals surface area contributed by atoms with Gasteiger partial charge >= 0.3 is 0 Å². The van der Waals surface area contributed by atoms with Crippen LogP contribution in [-0.4, -0.2) is 29.7 Å². The summed E-state index contributed by atoms with van der Waals surface area (Å²) in [7, 11) is 0. The first-order valence-corrected chi connectivity index (χ1v) is 10.1. The van der Waals surface area contributed by atoms with Gasteiger partial charge in [0.2, 0.25) is 5.91 Å². The highest BCUT2D eigenvalue weighted by atomic mass is 35.5. The van der Waals surface area contributed by atoms with Crippen LogP contribution in [0.2, 0.25) is 5.02 Å². The van der Waals surface area contributed by atoms with E-state index in [1.807, 2.05) is 29.2 Å². The number of carbonyl (C=O) groups excluding carboxylic acids is 1. The topological polar surface area (TPSA) is 32.7 Å². The molecule has 25 heavy (non-hydrogen) atoms. The summed E-state index contributed by atoms with van der Waals surface area (Å²) in [6, 6.07) is 7.71. The summed E-state index contributed by atoms with van der Waals surface area (Å²) in [5.74, 6) is 3.76. The minimum atomic E-state index is 0.276. The molecule has 0 N–H and O–H groups in total. The van der Waals surface area contributed by atoms with Gasteiger partial charge in [0.15, 0.2) is 0 Å². The molecule has 4 aliphatic carbocycles. The summed E-state index contributed by atoms with van der Waals surface area (Å²) in [6.45, 7) is 1.42. The number of halogens is 1. The molecule has 4 saturated carbocycles. The Bertz CT molecular complexity index is 706. The SMILES string of the molecule is O=C(CC12CC3CC(CC(C3)C1)C2)N1CCN=C1c1cccc(Cl)c1. The highest BCUT2D eigenvalue weighted by molar-refractivity contribution is 6.31. The van der Waals surface area contributed by atoms with Crippen molar-refractivity contribution >= 4 is 23.3 Å². The van der Waals surface area contributed by atoms with Crippen LogP contribution in [0.25, 0.3) is 0 Å². The van der Waals surface area contributed by atoms with E-state index in [1.54, 1.807) is 0 Å². The Morgan fingerprint density at radius 1 is 1.16 bits per heavy atom. The highest BCUT2D eigenvalue weighted by Crippen LogP contribution is 2.61. The van der Waals surface area contributed by atoms with Crippen molar-refractivity contribution in [1.82, 2.24) is 4.90 Å². The van der Waals surface area contributed by atoms with Gasteiger partial charge in [-0.1, -0.05) is 23.7 Å². The molecule has 0 atom stereocenters. The van der Waals surface area contributed by atoms with E-state index < -0.39 is 0 Å². The number of amidine groups is 1. The van der Waals surface area contributed by atoms with Gasteiger partial charge in [-0.15, -0.1) is 0 Å². The minimum absolute atomic E-state index is 0.276. The smallest absolute Gasteiger partial charge is 0.228 e. The Morgan fingerprint density at radius 3 is 2.48 bits per heavy atom. The van der Waals surface area contributed by atoms with Crippen LogP contribution < -0.4 is 0 Å². The quantitative estimate of drug-likeness (QED) is 0.782. The molecule has 1 aliphatic heterocycles. The van der Waals surface area contributed by atoms with Crippen molar-refractivity contribution < 1.29 is 4.79 Å². The van der Waals surface area contributed by atoms with Gasteiger partial charge in [0.05, 0.1) is 6.54 Å². The van der Waals surface area contributed by atoms with Crippen LogP contribution in [0.15, 0.2) is 29.3 Å². The first-order valence-electron chi connectivity index (χ1n) is 9.71. The summed E-state index contributed by atoms with van der Waals surface area (Å²) in [5, 5.41) is 0.695. The van der Waals surface area contributed by atoms with E-state index in [9.17, 15) is 4.79 Å². The first-order chi connectivity index (χ1) is 12.1. The van der Waals surface area contributed by atoms with E-state index >= 15 is 0 Å². The molecule has 1 heterocycles. The van der Waals surface area contributed by atoms with Gasteiger partial charge in [-0.05, 0) is 73.8 Å². The molecule has 0 unspecified atom stereocenters. The van der Waals surface area contributed by atoms with Crippen LogP contribution in [0.4, 0.5) is 0 Å². The fourth-order valence-corrected chi connectivity index (χ4v) is 6.68. The van der Waals surface area contributed by atoms with Crippen LogP contribution in [0.1, 0.15) is 50.5 Å². The second-order valence-electron chi connectivity index (χ2n) is 8.86. The predicted octanol–water partition coefficient (Wildman–Crippen LogP) is 4.54. The van der Waals surface area contributed by atoms with Gasteiger partial charge in [-0.2, -0.15) is 0 Å². The van der Waals surface area contributed by atoms with Gasteiger partial charge in [0.25, 0.3) is 0 Å². The van der Waals surface area contributed by atoms with Crippen molar-refractivity contribution in [3.8, 4) is 0 Å². The maximum atomic E-state index is 13.2. The van der Waals surface area contributed by atoms with Crippen molar-refractivity contribution in [3.63, 3.8) is 0 Å². The molecule has 4 heteroatoms. The fraction of sp³-hybridized carbons (Fsp3) is 0.619. The van der Waals surface area contributed by atoms with Crippen molar-refractivity contribution in [2.45, 2.75) is 44.9 Å². The highest BCUT2D eigenvalue weighted by Gasteiger charge is 2.52. The normalized spacial score (nSPS) is 36.0. The van der Waals surface area contributed by atoms with Crippen molar-refractivity contribution in [2.75, 3.05) is 13.1 Å². The number of hydrogen-bond donors (Lipinski definition) is 0.